The summed E-state index contributed by atoms with van der Waals surface area (Å²) < 4.78 is 0. The van der Waals surface area contributed by atoms with Crippen LogP contribution in [0.1, 0.15) is 73.1 Å². The van der Waals surface area contributed by atoms with Crippen LogP contribution in [0.4, 0.5) is 0 Å². The second kappa shape index (κ2) is 20.2. The van der Waals surface area contributed by atoms with Crippen LogP contribution < -0.4 is 49.5 Å². The molecule has 7 amide bonds. The fourth-order valence-electron chi connectivity index (χ4n) is 3.95. The van der Waals surface area contributed by atoms with Gasteiger partial charge in [-0.15, -0.1) is 0 Å². The molecule has 0 aromatic carbocycles. The Balaban J connectivity index is 5.96. The Morgan fingerprint density at radius 3 is 1.64 bits per heavy atom. The lowest BCUT2D eigenvalue weighted by atomic mass is 10.0. The monoisotopic (exact) mass is 629 g/mol. The van der Waals surface area contributed by atoms with Gasteiger partial charge in [0.05, 0.1) is 12.1 Å². The normalized spacial score (nSPS) is 15.8. The van der Waals surface area contributed by atoms with Crippen LogP contribution in [0.15, 0.2) is 0 Å². The maximum absolute atomic E-state index is 13.4. The van der Waals surface area contributed by atoms with E-state index in [2.05, 4.69) is 26.6 Å². The molecule has 0 aliphatic rings. The molecule has 0 unspecified atom stereocenters. The van der Waals surface area contributed by atoms with Crippen molar-refractivity contribution in [1.82, 2.24) is 26.6 Å². The molecule has 0 aromatic heterocycles. The molecular weight excluding hydrogens is 578 g/mol. The highest BCUT2D eigenvalue weighted by molar-refractivity contribution is 5.96. The van der Waals surface area contributed by atoms with Crippen LogP contribution in [0, 0.1) is 5.92 Å². The topological polar surface area (TPSA) is 304 Å². The predicted molar refractivity (Wildman–Crippen MR) is 161 cm³/mol. The van der Waals surface area contributed by atoms with Crippen LogP contribution in [-0.4, -0.2) is 95.4 Å². The fraction of sp³-hybridized carbons (Fsp3) is 0.741. The van der Waals surface area contributed by atoms with Gasteiger partial charge in [0.15, 0.2) is 0 Å². The van der Waals surface area contributed by atoms with Crippen LogP contribution >= 0.6 is 0 Å². The average molecular weight is 630 g/mol. The molecule has 0 heterocycles. The van der Waals surface area contributed by atoms with E-state index >= 15 is 0 Å². The number of carbonyl (C=O) groups is 7. The van der Waals surface area contributed by atoms with Crippen molar-refractivity contribution in [3.05, 3.63) is 0 Å². The molecule has 0 fully saturated rings. The number of nitrogens with two attached hydrogens (primary N) is 4. The number of primary amides is 2. The molecule has 0 aromatic rings. The zero-order valence-corrected chi connectivity index (χ0v) is 26.2. The Kier molecular flexibility index (Phi) is 18.4. The summed E-state index contributed by atoms with van der Waals surface area (Å²) in [5.41, 5.74) is 21.6. The zero-order chi connectivity index (χ0) is 34.1. The van der Waals surface area contributed by atoms with Gasteiger partial charge < -0.3 is 54.6 Å². The summed E-state index contributed by atoms with van der Waals surface area (Å²) in [4.78, 5) is 87.5. The second-order valence-electron chi connectivity index (χ2n) is 11.3. The lowest BCUT2D eigenvalue weighted by molar-refractivity contribution is -0.136. The SMILES string of the molecule is CC(C)C[C@H](NC(=O)[C@H](CCCCN)NC(=O)[C@H](C)NC(=O)[C@H](C)N)C(=O)N[C@@H](CCC(N)=O)C(=O)N[C@H](C(N)=O)[C@@H](C)O. The maximum atomic E-state index is 13.4. The van der Waals surface area contributed by atoms with Crippen molar-refractivity contribution in [3.63, 3.8) is 0 Å². The summed E-state index contributed by atoms with van der Waals surface area (Å²) in [7, 11) is 0. The van der Waals surface area contributed by atoms with Crippen molar-refractivity contribution in [2.75, 3.05) is 6.54 Å². The minimum atomic E-state index is -1.47. The molecule has 17 nitrogen and oxygen atoms in total. The minimum Gasteiger partial charge on any atom is -0.391 e. The van der Waals surface area contributed by atoms with Gasteiger partial charge in [-0.05, 0) is 65.3 Å². The van der Waals surface area contributed by atoms with E-state index in [1.165, 1.54) is 20.8 Å². The van der Waals surface area contributed by atoms with E-state index in [0.29, 0.717) is 19.4 Å². The van der Waals surface area contributed by atoms with Crippen molar-refractivity contribution in [1.29, 1.82) is 0 Å². The third-order valence-corrected chi connectivity index (χ3v) is 6.48. The van der Waals surface area contributed by atoms with E-state index in [1.807, 2.05) is 0 Å². The second-order valence-corrected chi connectivity index (χ2v) is 11.3. The number of aliphatic hydroxyl groups excluding tert-OH is 1. The highest BCUT2D eigenvalue weighted by Gasteiger charge is 2.33. The molecule has 14 N–H and O–H groups in total. The van der Waals surface area contributed by atoms with Gasteiger partial charge in [0, 0.05) is 6.42 Å². The highest BCUT2D eigenvalue weighted by Crippen LogP contribution is 2.09. The van der Waals surface area contributed by atoms with E-state index in [-0.39, 0.29) is 31.6 Å². The highest BCUT2D eigenvalue weighted by atomic mass is 16.3. The Labute approximate surface area is 257 Å². The molecule has 252 valence electrons. The summed E-state index contributed by atoms with van der Waals surface area (Å²) >= 11 is 0. The first kappa shape index (κ1) is 40.2. The van der Waals surface area contributed by atoms with Crippen LogP contribution in [0.25, 0.3) is 0 Å². The number of amides is 7. The van der Waals surface area contributed by atoms with Gasteiger partial charge in [-0.1, -0.05) is 13.8 Å². The predicted octanol–water partition coefficient (Wildman–Crippen LogP) is -3.92. The molecule has 0 saturated heterocycles. The van der Waals surface area contributed by atoms with E-state index in [9.17, 15) is 38.7 Å². The number of hydrogen-bond donors (Lipinski definition) is 10. The van der Waals surface area contributed by atoms with Gasteiger partial charge in [0.25, 0.3) is 0 Å². The van der Waals surface area contributed by atoms with Gasteiger partial charge in [0.1, 0.15) is 30.2 Å². The summed E-state index contributed by atoms with van der Waals surface area (Å²) in [5, 5.41) is 22.2. The molecule has 7 atom stereocenters. The number of carbonyl (C=O) groups excluding carboxylic acids is 7. The lowest BCUT2D eigenvalue weighted by Gasteiger charge is -2.27. The van der Waals surface area contributed by atoms with Gasteiger partial charge >= 0.3 is 0 Å². The van der Waals surface area contributed by atoms with Crippen LogP contribution in [0.2, 0.25) is 0 Å². The van der Waals surface area contributed by atoms with Crippen molar-refractivity contribution < 1.29 is 38.7 Å². The standard InChI is InChI=1S/C27H51N9O8/c1-13(2)12-19(27(44)34-18(9-10-20(30)38)26(43)36-21(16(5)37)22(31)39)35-25(42)17(8-6-7-11-28)33-24(41)15(4)32-23(40)14(3)29/h13-19,21,37H,6-12,28-29H2,1-5H3,(H2,30,38)(H2,31,39)(H,32,40)(H,33,41)(H,34,44)(H,35,42)(H,36,43)/t14-,15-,16+,17-,18-,19-,21-/m0/s1. The molecular formula is C27H51N9O8. The van der Waals surface area contributed by atoms with E-state index in [1.54, 1.807) is 13.8 Å². The van der Waals surface area contributed by atoms with E-state index in [0.717, 1.165) is 0 Å². The van der Waals surface area contributed by atoms with E-state index < -0.39 is 83.7 Å². The summed E-state index contributed by atoms with van der Waals surface area (Å²) in [6.07, 6.45) is -0.568. The van der Waals surface area contributed by atoms with Crippen molar-refractivity contribution >= 4 is 41.4 Å². The van der Waals surface area contributed by atoms with Gasteiger partial charge in [-0.2, -0.15) is 0 Å². The Morgan fingerprint density at radius 1 is 0.659 bits per heavy atom. The number of rotatable bonds is 21. The zero-order valence-electron chi connectivity index (χ0n) is 26.2. The average Bonchev–Trinajstić information content (AvgIpc) is 2.91. The minimum absolute atomic E-state index is 0.114. The number of nitrogens with one attached hydrogen (secondary N) is 5. The van der Waals surface area contributed by atoms with Crippen molar-refractivity contribution in [2.45, 2.75) is 115 Å². The van der Waals surface area contributed by atoms with Crippen molar-refractivity contribution in [2.24, 2.45) is 28.9 Å². The van der Waals surface area contributed by atoms with Crippen LogP contribution in [-0.2, 0) is 33.6 Å². The number of unbranched alkanes of at least 4 members (excludes halogenated alkanes) is 1. The van der Waals surface area contributed by atoms with Gasteiger partial charge in [-0.3, -0.25) is 33.6 Å². The largest absolute Gasteiger partial charge is 0.391 e. The van der Waals surface area contributed by atoms with Gasteiger partial charge in [-0.25, -0.2) is 0 Å². The number of aliphatic hydroxyl groups is 1. The number of hydrogen-bond acceptors (Lipinski definition) is 10. The molecule has 0 radical (unpaired) electrons. The molecule has 0 spiro atoms. The third-order valence-electron chi connectivity index (χ3n) is 6.48. The first-order valence-corrected chi connectivity index (χ1v) is 14.6. The molecule has 0 saturated carbocycles. The molecule has 0 aliphatic heterocycles. The summed E-state index contributed by atoms with van der Waals surface area (Å²) in [6.45, 7) is 8.06. The molecule has 17 heteroatoms. The van der Waals surface area contributed by atoms with Crippen LogP contribution in [0.5, 0.6) is 0 Å². The summed E-state index contributed by atoms with van der Waals surface area (Å²) in [5.74, 6) is -5.48. The van der Waals surface area contributed by atoms with Crippen molar-refractivity contribution in [3.8, 4) is 0 Å². The first-order chi connectivity index (χ1) is 20.4. The third kappa shape index (κ3) is 15.6. The maximum Gasteiger partial charge on any atom is 0.243 e. The first-order valence-electron chi connectivity index (χ1n) is 14.6. The molecule has 0 rings (SSSR count). The fourth-order valence-corrected chi connectivity index (χ4v) is 3.95. The van der Waals surface area contributed by atoms with E-state index in [4.69, 9.17) is 22.9 Å². The Bertz CT molecular complexity index is 1010. The molecule has 0 aliphatic carbocycles. The Morgan fingerprint density at radius 2 is 1.16 bits per heavy atom. The smallest absolute Gasteiger partial charge is 0.243 e. The summed E-state index contributed by atoms with van der Waals surface area (Å²) in [6, 6.07) is -6.99. The molecule has 44 heavy (non-hydrogen) atoms. The Hall–Kier alpha value is -3.83. The lowest BCUT2D eigenvalue weighted by Crippen LogP contribution is -2.60. The quantitative estimate of drug-likeness (QED) is 0.0550. The van der Waals surface area contributed by atoms with Gasteiger partial charge in [0.2, 0.25) is 41.4 Å². The van der Waals surface area contributed by atoms with Crippen LogP contribution in [0.3, 0.4) is 0 Å². The molecule has 0 bridgehead atoms.